The smallest absolute Gasteiger partial charge is 0.00201 e. The summed E-state index contributed by atoms with van der Waals surface area (Å²) >= 11 is 0. The Bertz CT molecular complexity index is 4650. The lowest BCUT2D eigenvalue weighted by Crippen LogP contribution is -1.92. The summed E-state index contributed by atoms with van der Waals surface area (Å²) in [5.41, 5.74) is 14.9. The van der Waals surface area contributed by atoms with Gasteiger partial charge in [0, 0.05) is 0 Å². The number of hydrogen-bond acceptors (Lipinski definition) is 0. The first kappa shape index (κ1) is 42.1. The maximum absolute atomic E-state index is 2.43. The minimum atomic E-state index is 1.19. The zero-order chi connectivity index (χ0) is 48.7. The molecule has 0 spiro atoms. The molecule has 74 heavy (non-hydrogen) atoms. The maximum Gasteiger partial charge on any atom is -0.00201 e. The molecule has 0 aliphatic carbocycles. The van der Waals surface area contributed by atoms with Gasteiger partial charge in [-0.2, -0.15) is 0 Å². The van der Waals surface area contributed by atoms with E-state index in [4.69, 9.17) is 0 Å². The summed E-state index contributed by atoms with van der Waals surface area (Å²) in [6.07, 6.45) is 0. The summed E-state index contributed by atoms with van der Waals surface area (Å²) < 4.78 is 0. The van der Waals surface area contributed by atoms with Crippen molar-refractivity contribution in [1.29, 1.82) is 0 Å². The van der Waals surface area contributed by atoms with Gasteiger partial charge in [0.2, 0.25) is 0 Å². The summed E-state index contributed by atoms with van der Waals surface area (Å²) in [6, 6.07) is 104. The van der Waals surface area contributed by atoms with Crippen LogP contribution in [0, 0.1) is 0 Å². The first-order valence-corrected chi connectivity index (χ1v) is 25.7. The molecule has 0 aromatic heterocycles. The first-order chi connectivity index (χ1) is 36.7. The van der Waals surface area contributed by atoms with Crippen LogP contribution in [0.2, 0.25) is 0 Å². The highest BCUT2D eigenvalue weighted by atomic mass is 14.2. The maximum atomic E-state index is 2.43. The molecule has 0 unspecified atom stereocenters. The van der Waals surface area contributed by atoms with Crippen molar-refractivity contribution in [2.45, 2.75) is 0 Å². The molecule has 15 aromatic carbocycles. The van der Waals surface area contributed by atoms with Crippen LogP contribution in [0.25, 0.3) is 153 Å². The summed E-state index contributed by atoms with van der Waals surface area (Å²) in [7, 11) is 0. The highest BCUT2D eigenvalue weighted by molar-refractivity contribution is 6.25. The second-order valence-corrected chi connectivity index (χ2v) is 19.8. The second kappa shape index (κ2) is 17.0. The van der Waals surface area contributed by atoms with Crippen LogP contribution in [-0.2, 0) is 0 Å². The molecule has 15 aromatic rings. The lowest BCUT2D eigenvalue weighted by molar-refractivity contribution is 1.63. The van der Waals surface area contributed by atoms with Gasteiger partial charge in [-0.3, -0.25) is 0 Å². The normalized spacial score (nSPS) is 11.8. The predicted molar refractivity (Wildman–Crippen MR) is 319 cm³/mol. The Morgan fingerprint density at radius 2 is 0.446 bits per heavy atom. The average Bonchev–Trinajstić information content (AvgIpc) is 3.47. The Labute approximate surface area is 429 Å². The van der Waals surface area contributed by atoms with Crippen molar-refractivity contribution in [2.24, 2.45) is 0 Å². The van der Waals surface area contributed by atoms with E-state index in [2.05, 4.69) is 279 Å². The van der Waals surface area contributed by atoms with Gasteiger partial charge in [-0.25, -0.2) is 0 Å². The topological polar surface area (TPSA) is 0 Å². The number of fused-ring (bicyclic) bond motifs is 8. The van der Waals surface area contributed by atoms with Gasteiger partial charge < -0.3 is 0 Å². The Hall–Kier alpha value is -9.62. The zero-order valence-electron chi connectivity index (χ0n) is 40.6. The Balaban J connectivity index is 0.886. The number of hydrogen-bond donors (Lipinski definition) is 0. The van der Waals surface area contributed by atoms with Gasteiger partial charge in [0.1, 0.15) is 0 Å². The van der Waals surface area contributed by atoms with Gasteiger partial charge >= 0.3 is 0 Å². The quantitative estimate of drug-likeness (QED) is 0.146. The molecular formula is C74H46. The molecule has 15 rings (SSSR count). The molecule has 0 heteroatoms. The van der Waals surface area contributed by atoms with Crippen LogP contribution in [0.15, 0.2) is 279 Å². The molecule has 0 saturated heterocycles. The van der Waals surface area contributed by atoms with E-state index >= 15 is 0 Å². The van der Waals surface area contributed by atoms with Crippen molar-refractivity contribution in [1.82, 2.24) is 0 Å². The fourth-order valence-corrected chi connectivity index (χ4v) is 12.4. The first-order valence-electron chi connectivity index (χ1n) is 25.7. The van der Waals surface area contributed by atoms with Gasteiger partial charge in [-0.15, -0.1) is 0 Å². The Kier molecular flexibility index (Phi) is 9.68. The summed E-state index contributed by atoms with van der Waals surface area (Å²) in [5.74, 6) is 0. The standard InChI is InChI=1S/C74H46/c1-2-18-53-44-56(43-34-47(53)16-1)72-61-25-7-11-29-65(61)74(66-30-12-8-26-62(66)72)68-33-15-21-50-38-42-55(46-70(50)68)54-41-37-49-20-14-32-67(69(49)45-54)73-63-27-9-5-23-59(63)71(60-24-6-10-28-64(60)73)52-39-35-51(36-40-52)58-31-13-19-48-17-3-4-22-57(48)58/h1-46H. The van der Waals surface area contributed by atoms with Gasteiger partial charge in [0.15, 0.2) is 0 Å². The van der Waals surface area contributed by atoms with Crippen molar-refractivity contribution in [3.8, 4) is 66.8 Å². The number of rotatable bonds is 6. The van der Waals surface area contributed by atoms with Crippen LogP contribution in [-0.4, -0.2) is 0 Å². The molecule has 0 radical (unpaired) electrons. The van der Waals surface area contributed by atoms with E-state index in [1.54, 1.807) is 0 Å². The van der Waals surface area contributed by atoms with Crippen LogP contribution in [0.1, 0.15) is 0 Å². The minimum Gasteiger partial charge on any atom is -0.0616 e. The zero-order valence-corrected chi connectivity index (χ0v) is 40.6. The molecule has 0 aliphatic heterocycles. The van der Waals surface area contributed by atoms with E-state index in [1.807, 2.05) is 0 Å². The minimum absolute atomic E-state index is 1.19. The van der Waals surface area contributed by atoms with E-state index in [9.17, 15) is 0 Å². The highest BCUT2D eigenvalue weighted by Crippen LogP contribution is 2.48. The molecule has 0 amide bonds. The van der Waals surface area contributed by atoms with Crippen molar-refractivity contribution in [2.75, 3.05) is 0 Å². The van der Waals surface area contributed by atoms with E-state index in [0.29, 0.717) is 0 Å². The average molecular weight is 935 g/mol. The van der Waals surface area contributed by atoms with Crippen LogP contribution in [0.3, 0.4) is 0 Å². The molecule has 342 valence electrons. The van der Waals surface area contributed by atoms with Crippen LogP contribution < -0.4 is 0 Å². The molecule has 0 aliphatic rings. The third-order valence-electron chi connectivity index (χ3n) is 15.8. The summed E-state index contributed by atoms with van der Waals surface area (Å²) in [5, 5.41) is 20.0. The van der Waals surface area contributed by atoms with E-state index in [1.165, 1.54) is 153 Å². The van der Waals surface area contributed by atoms with Crippen LogP contribution >= 0.6 is 0 Å². The van der Waals surface area contributed by atoms with Gasteiger partial charge in [0.05, 0.1) is 0 Å². The monoisotopic (exact) mass is 934 g/mol. The lowest BCUT2D eigenvalue weighted by Gasteiger charge is -2.20. The predicted octanol–water partition coefficient (Wildman–Crippen LogP) is 20.9. The van der Waals surface area contributed by atoms with E-state index in [0.717, 1.165) is 0 Å². The van der Waals surface area contributed by atoms with E-state index in [-0.39, 0.29) is 0 Å². The largest absolute Gasteiger partial charge is 0.0616 e. The summed E-state index contributed by atoms with van der Waals surface area (Å²) in [6.45, 7) is 0. The fraction of sp³-hybridized carbons (Fsp3) is 0. The fourth-order valence-electron chi connectivity index (χ4n) is 12.4. The number of benzene rings is 15. The molecule has 0 bridgehead atoms. The lowest BCUT2D eigenvalue weighted by atomic mass is 9.83. The van der Waals surface area contributed by atoms with E-state index < -0.39 is 0 Å². The van der Waals surface area contributed by atoms with Crippen molar-refractivity contribution >= 4 is 86.2 Å². The summed E-state index contributed by atoms with van der Waals surface area (Å²) in [4.78, 5) is 0. The van der Waals surface area contributed by atoms with Gasteiger partial charge in [-0.05, 0) is 171 Å². The third kappa shape index (κ3) is 6.69. The Morgan fingerprint density at radius 3 is 0.932 bits per heavy atom. The SMILES string of the molecule is c1ccc2cc(-c3c4ccccc4c(-c4cccc5ccc(-c6ccc7cccc(-c8c9ccccc9c(-c9ccc(-c%10cccc%11ccccc%10%11)cc9)c9ccccc89)c7c6)cc45)c4ccccc34)ccc2c1. The molecule has 0 heterocycles. The van der Waals surface area contributed by atoms with Crippen molar-refractivity contribution in [3.05, 3.63) is 279 Å². The molecule has 0 atom stereocenters. The molecular weight excluding hydrogens is 889 g/mol. The third-order valence-corrected chi connectivity index (χ3v) is 15.8. The molecule has 0 N–H and O–H groups in total. The molecule has 0 saturated carbocycles. The van der Waals surface area contributed by atoms with Crippen molar-refractivity contribution < 1.29 is 0 Å². The molecule has 0 fully saturated rings. The highest BCUT2D eigenvalue weighted by Gasteiger charge is 2.21. The Morgan fingerprint density at radius 1 is 0.135 bits per heavy atom. The van der Waals surface area contributed by atoms with Gasteiger partial charge in [0.25, 0.3) is 0 Å². The molecule has 0 nitrogen and oxygen atoms in total. The second-order valence-electron chi connectivity index (χ2n) is 19.8. The van der Waals surface area contributed by atoms with Crippen LogP contribution in [0.5, 0.6) is 0 Å². The van der Waals surface area contributed by atoms with Gasteiger partial charge in [-0.1, -0.05) is 261 Å². The van der Waals surface area contributed by atoms with Crippen molar-refractivity contribution in [3.63, 3.8) is 0 Å². The van der Waals surface area contributed by atoms with Crippen LogP contribution in [0.4, 0.5) is 0 Å².